The average Bonchev–Trinajstić information content (AvgIpc) is 0.722. The molecular formula is H2O5PPb. The zero-order valence-electron chi connectivity index (χ0n) is 3.08. The fourth-order valence-electron chi connectivity index (χ4n) is 0. The van der Waals surface area contributed by atoms with Crippen molar-refractivity contribution in [3.63, 3.8) is 0 Å². The Kier molecular flexibility index (Phi) is 11.5. The summed E-state index contributed by atoms with van der Waals surface area (Å²) < 4.78 is 8.55. The van der Waals surface area contributed by atoms with E-state index in [4.69, 9.17) is 19.2 Å². The third-order valence-electron chi connectivity index (χ3n) is 0. The smallest absolute Gasteiger partial charge is 0.822 e. The Hall–Kier alpha value is 0.992. The van der Waals surface area contributed by atoms with Crippen LogP contribution >= 0.6 is 7.82 Å². The second kappa shape index (κ2) is 5.14. The van der Waals surface area contributed by atoms with Crippen LogP contribution in [0.3, 0.4) is 0 Å². The summed E-state index contributed by atoms with van der Waals surface area (Å²) in [6, 6.07) is 0. The Morgan fingerprint density at radius 1 is 1.14 bits per heavy atom. The van der Waals surface area contributed by atoms with Crippen LogP contribution in [-0.2, 0) is 4.57 Å². The molecule has 41 valence electrons. The summed E-state index contributed by atoms with van der Waals surface area (Å²) in [6.07, 6.45) is 0. The molecule has 0 amide bonds. The van der Waals surface area contributed by atoms with Crippen LogP contribution in [0.15, 0.2) is 0 Å². The third kappa shape index (κ3) is 177. The van der Waals surface area contributed by atoms with Gasteiger partial charge in [-0.2, -0.15) is 7.82 Å². The molecule has 2 N–H and O–H groups in total. The van der Waals surface area contributed by atoms with Crippen LogP contribution in [0.4, 0.5) is 0 Å². The van der Waals surface area contributed by atoms with Crippen molar-refractivity contribution in [3.05, 3.63) is 0 Å². The van der Waals surface area contributed by atoms with E-state index in [0.717, 1.165) is 0 Å². The van der Waals surface area contributed by atoms with Gasteiger partial charge in [-0.15, -0.1) is 0 Å². The maximum absolute atomic E-state index is 8.55. The van der Waals surface area contributed by atoms with Gasteiger partial charge in [-0.3, -0.25) is 0 Å². The van der Waals surface area contributed by atoms with Crippen molar-refractivity contribution < 1.29 is 24.7 Å². The van der Waals surface area contributed by atoms with Crippen LogP contribution in [0, 0.1) is 0 Å². The van der Waals surface area contributed by atoms with Gasteiger partial charge >= 0.3 is 27.3 Å². The quantitative estimate of drug-likeness (QED) is 0.333. The Morgan fingerprint density at radius 3 is 1.14 bits per heavy atom. The molecular weight excluding hydrogens is 318 g/mol. The fourth-order valence-corrected chi connectivity index (χ4v) is 0. The zero-order valence-corrected chi connectivity index (χ0v) is 7.86. The molecule has 0 rings (SSSR count). The predicted molar refractivity (Wildman–Crippen MR) is 17.0 cm³/mol. The first kappa shape index (κ1) is 15.7. The van der Waals surface area contributed by atoms with Crippen LogP contribution < -0.4 is 14.7 Å². The third-order valence-corrected chi connectivity index (χ3v) is 0. The van der Waals surface area contributed by atoms with Crippen molar-refractivity contribution in [3.8, 4) is 0 Å². The topological polar surface area (TPSA) is 118 Å². The molecule has 5 nitrogen and oxygen atoms in total. The molecule has 0 heterocycles. The molecule has 0 unspecified atom stereocenters. The van der Waals surface area contributed by atoms with Gasteiger partial charge in [0.05, 0.1) is 0 Å². The van der Waals surface area contributed by atoms with Gasteiger partial charge in [0.15, 0.2) is 0 Å². The van der Waals surface area contributed by atoms with Gasteiger partial charge in [0.25, 0.3) is 0 Å². The fraction of sp³-hybridized carbons (Fsp3) is 0. The molecule has 0 saturated carbocycles. The Bertz CT molecular complexity index is 54.2. The number of hydrogen-bond acceptors (Lipinski definition) is 4. The average molecular weight is 320 g/mol. The first-order valence-electron chi connectivity index (χ1n) is 0.730. The summed E-state index contributed by atoms with van der Waals surface area (Å²) in [4.78, 5) is 25.6. The normalized spacial score (nSPS) is 8.43. The van der Waals surface area contributed by atoms with E-state index >= 15 is 0 Å². The van der Waals surface area contributed by atoms with E-state index in [2.05, 4.69) is 0 Å². The Balaban J connectivity index is -0.0000000800. The number of rotatable bonds is 0. The molecule has 0 aromatic rings. The van der Waals surface area contributed by atoms with E-state index < -0.39 is 7.82 Å². The molecule has 0 fully saturated rings. The summed E-state index contributed by atoms with van der Waals surface area (Å²) in [5, 5.41) is 0. The van der Waals surface area contributed by atoms with E-state index in [-0.39, 0.29) is 32.8 Å². The van der Waals surface area contributed by atoms with Crippen LogP contribution in [-0.4, -0.2) is 32.8 Å². The molecule has 0 aromatic heterocycles. The van der Waals surface area contributed by atoms with Gasteiger partial charge in [-0.1, -0.05) is 0 Å². The van der Waals surface area contributed by atoms with E-state index in [0.29, 0.717) is 0 Å². The predicted octanol–water partition coefficient (Wildman–Crippen LogP) is -4.03. The Labute approximate surface area is 60.1 Å². The van der Waals surface area contributed by atoms with Crippen molar-refractivity contribution in [2.24, 2.45) is 0 Å². The van der Waals surface area contributed by atoms with E-state index in [9.17, 15) is 0 Å². The summed E-state index contributed by atoms with van der Waals surface area (Å²) in [6.45, 7) is 0. The molecule has 0 saturated heterocycles. The second-order valence-corrected chi connectivity index (χ2v) is 1.34. The van der Waals surface area contributed by atoms with Gasteiger partial charge in [-0.05, 0) is 0 Å². The monoisotopic (exact) mass is 321 g/mol. The Morgan fingerprint density at radius 2 is 1.14 bits per heavy atom. The first-order valence-corrected chi connectivity index (χ1v) is 2.19. The molecule has 7 heteroatoms. The molecule has 0 aliphatic heterocycles. The van der Waals surface area contributed by atoms with E-state index in [1.54, 1.807) is 0 Å². The minimum atomic E-state index is -5.39. The van der Waals surface area contributed by atoms with Crippen molar-refractivity contribution in [2.75, 3.05) is 0 Å². The summed E-state index contributed by atoms with van der Waals surface area (Å²) in [5.41, 5.74) is 0. The van der Waals surface area contributed by atoms with Crippen LogP contribution in [0.1, 0.15) is 0 Å². The van der Waals surface area contributed by atoms with Gasteiger partial charge < -0.3 is 24.7 Å². The molecule has 0 aromatic carbocycles. The number of hydrogen-bond donors (Lipinski definition) is 0. The van der Waals surface area contributed by atoms with Crippen molar-refractivity contribution >= 4 is 35.1 Å². The van der Waals surface area contributed by atoms with Crippen LogP contribution in [0.25, 0.3) is 0 Å². The minimum Gasteiger partial charge on any atom is -0.822 e. The standard InChI is InChI=1S/H3O4P.H2O.Pb/c1-5(2,3)4;;/h(H3,1,2,3,4);1H2;/q;;+3/p-3. The maximum Gasteiger partial charge on any atom is 3.00 e. The number of phosphoric acid groups is 1. The van der Waals surface area contributed by atoms with E-state index in [1.807, 2.05) is 0 Å². The van der Waals surface area contributed by atoms with Gasteiger partial charge in [-0.25, -0.2) is 0 Å². The SMILES string of the molecule is O.O=P([O-])([O-])[O-].[Pb+3]. The maximum atomic E-state index is 8.55. The van der Waals surface area contributed by atoms with Crippen LogP contribution in [0.2, 0.25) is 0 Å². The molecule has 0 bridgehead atoms. The largest absolute Gasteiger partial charge is 3.00 e. The summed E-state index contributed by atoms with van der Waals surface area (Å²) >= 11 is 0. The summed E-state index contributed by atoms with van der Waals surface area (Å²) in [5.74, 6) is 0. The van der Waals surface area contributed by atoms with Crippen LogP contribution in [0.5, 0.6) is 0 Å². The first-order chi connectivity index (χ1) is 2.00. The van der Waals surface area contributed by atoms with E-state index in [1.165, 1.54) is 0 Å². The van der Waals surface area contributed by atoms with Crippen molar-refractivity contribution in [1.82, 2.24) is 0 Å². The molecule has 0 aliphatic rings. The zero-order chi connectivity index (χ0) is 4.50. The molecule has 0 atom stereocenters. The molecule has 1 radical (unpaired) electrons. The van der Waals surface area contributed by atoms with Gasteiger partial charge in [0, 0.05) is 0 Å². The second-order valence-electron chi connectivity index (χ2n) is 0.447. The van der Waals surface area contributed by atoms with Gasteiger partial charge in [0.2, 0.25) is 0 Å². The van der Waals surface area contributed by atoms with Crippen molar-refractivity contribution in [1.29, 1.82) is 0 Å². The molecule has 0 aliphatic carbocycles. The minimum absolute atomic E-state index is 0. The molecule has 7 heavy (non-hydrogen) atoms. The van der Waals surface area contributed by atoms with Gasteiger partial charge in [0.1, 0.15) is 0 Å². The summed E-state index contributed by atoms with van der Waals surface area (Å²) in [7, 11) is -5.39. The van der Waals surface area contributed by atoms with Crippen molar-refractivity contribution in [2.45, 2.75) is 0 Å². The molecule has 0 spiro atoms.